The second kappa shape index (κ2) is 9.52. The molecule has 3 N–H and O–H groups in total. The van der Waals surface area contributed by atoms with Gasteiger partial charge in [-0.15, -0.1) is 12.4 Å². The van der Waals surface area contributed by atoms with E-state index >= 15 is 0 Å². The zero-order valence-corrected chi connectivity index (χ0v) is 16.5. The van der Waals surface area contributed by atoms with E-state index in [2.05, 4.69) is 15.4 Å². The average molecular weight is 390 g/mol. The largest absolute Gasteiger partial charge is 0.352 e. The molecule has 1 aliphatic heterocycles. The molecule has 2 rings (SSSR count). The zero-order chi connectivity index (χ0) is 17.7. The van der Waals surface area contributed by atoms with Crippen LogP contribution < -0.4 is 15.4 Å². The molecule has 6 nitrogen and oxygen atoms in total. The maximum atomic E-state index is 12.2. The van der Waals surface area contributed by atoms with Crippen molar-refractivity contribution in [2.75, 3.05) is 13.1 Å². The zero-order valence-electron chi connectivity index (χ0n) is 14.9. The molecule has 1 amide bonds. The number of sulfonamides is 1. The van der Waals surface area contributed by atoms with E-state index < -0.39 is 10.0 Å². The topological polar surface area (TPSA) is 87.3 Å². The molecule has 0 radical (unpaired) electrons. The van der Waals surface area contributed by atoms with Crippen LogP contribution in [0.4, 0.5) is 0 Å². The van der Waals surface area contributed by atoms with E-state index in [9.17, 15) is 13.2 Å². The quantitative estimate of drug-likeness (QED) is 0.627. The summed E-state index contributed by atoms with van der Waals surface area (Å²) >= 11 is 0. The van der Waals surface area contributed by atoms with E-state index in [4.69, 9.17) is 0 Å². The molecule has 0 aromatic heterocycles. The second-order valence-corrected chi connectivity index (χ2v) is 8.48. The first-order valence-electron chi connectivity index (χ1n) is 8.33. The molecule has 0 spiro atoms. The van der Waals surface area contributed by atoms with Crippen molar-refractivity contribution < 1.29 is 13.2 Å². The third-order valence-electron chi connectivity index (χ3n) is 4.27. The Morgan fingerprint density at radius 1 is 1.20 bits per heavy atom. The van der Waals surface area contributed by atoms with Gasteiger partial charge in [-0.2, -0.15) is 0 Å². The lowest BCUT2D eigenvalue weighted by molar-refractivity contribution is -0.126. The van der Waals surface area contributed by atoms with Gasteiger partial charge in [0.2, 0.25) is 15.9 Å². The molecule has 1 heterocycles. The van der Waals surface area contributed by atoms with Crippen molar-refractivity contribution in [3.63, 3.8) is 0 Å². The van der Waals surface area contributed by atoms with Crippen molar-refractivity contribution in [1.82, 2.24) is 15.4 Å². The van der Waals surface area contributed by atoms with Crippen molar-refractivity contribution in [2.45, 2.75) is 39.1 Å². The Labute approximate surface area is 156 Å². The van der Waals surface area contributed by atoms with Crippen LogP contribution in [0.2, 0.25) is 0 Å². The molecule has 1 aromatic carbocycles. The molecule has 1 aromatic rings. The van der Waals surface area contributed by atoms with Gasteiger partial charge < -0.3 is 10.6 Å². The minimum absolute atomic E-state index is 0. The minimum Gasteiger partial charge on any atom is -0.352 e. The molecule has 1 atom stereocenters. The molecule has 25 heavy (non-hydrogen) atoms. The van der Waals surface area contributed by atoms with Gasteiger partial charge in [0.05, 0.1) is 5.75 Å². The lowest BCUT2D eigenvalue weighted by atomic mass is 9.88. The van der Waals surface area contributed by atoms with Crippen molar-refractivity contribution in [3.05, 3.63) is 35.4 Å². The number of hydrogen-bond donors (Lipinski definition) is 3. The Balaban J connectivity index is 0.00000312. The summed E-state index contributed by atoms with van der Waals surface area (Å²) in [6, 6.07) is 7.18. The lowest BCUT2D eigenvalue weighted by Crippen LogP contribution is -2.49. The molecule has 1 fully saturated rings. The predicted octanol–water partition coefficient (Wildman–Crippen LogP) is 1.41. The summed E-state index contributed by atoms with van der Waals surface area (Å²) < 4.78 is 26.9. The first-order valence-corrected chi connectivity index (χ1v) is 9.99. The van der Waals surface area contributed by atoms with Crippen LogP contribution in [0.1, 0.15) is 31.9 Å². The van der Waals surface area contributed by atoms with Crippen LogP contribution in [-0.2, 0) is 27.1 Å². The highest BCUT2D eigenvalue weighted by atomic mass is 35.5. The number of carbonyl (C=O) groups excluding carboxylic acids is 1. The van der Waals surface area contributed by atoms with Gasteiger partial charge in [-0.25, -0.2) is 13.1 Å². The number of benzene rings is 1. The van der Waals surface area contributed by atoms with E-state index in [0.29, 0.717) is 18.0 Å². The molecular formula is C17H28ClN3O3S. The summed E-state index contributed by atoms with van der Waals surface area (Å²) in [6.45, 7) is 7.62. The van der Waals surface area contributed by atoms with E-state index in [-0.39, 0.29) is 36.0 Å². The summed E-state index contributed by atoms with van der Waals surface area (Å²) in [5.74, 6) is 0.277. The van der Waals surface area contributed by atoms with Crippen LogP contribution in [0.25, 0.3) is 0 Å². The smallest absolute Gasteiger partial charge is 0.223 e. The lowest BCUT2D eigenvalue weighted by Gasteiger charge is -2.31. The molecule has 8 heteroatoms. The summed E-state index contributed by atoms with van der Waals surface area (Å²) in [5, 5.41) is 6.10. The van der Waals surface area contributed by atoms with Crippen LogP contribution in [0.5, 0.6) is 0 Å². The number of halogens is 1. The maximum Gasteiger partial charge on any atom is 0.223 e. The molecule has 0 saturated carbocycles. The fourth-order valence-corrected chi connectivity index (χ4v) is 4.19. The van der Waals surface area contributed by atoms with Gasteiger partial charge in [-0.1, -0.05) is 31.2 Å². The van der Waals surface area contributed by atoms with Crippen molar-refractivity contribution in [3.8, 4) is 0 Å². The number of amides is 1. The summed E-state index contributed by atoms with van der Waals surface area (Å²) in [6.07, 6.45) is 0. The Morgan fingerprint density at radius 3 is 2.32 bits per heavy atom. The Morgan fingerprint density at radius 2 is 1.80 bits per heavy atom. The van der Waals surface area contributed by atoms with Gasteiger partial charge in [0, 0.05) is 18.5 Å². The number of rotatable bonds is 8. The summed E-state index contributed by atoms with van der Waals surface area (Å²) in [4.78, 5) is 12.2. The Hall–Kier alpha value is -1.15. The van der Waals surface area contributed by atoms with Crippen LogP contribution in [0.3, 0.4) is 0 Å². The van der Waals surface area contributed by atoms with Crippen LogP contribution in [0.15, 0.2) is 24.3 Å². The van der Waals surface area contributed by atoms with Crippen molar-refractivity contribution >= 4 is 28.3 Å². The summed E-state index contributed by atoms with van der Waals surface area (Å²) in [7, 11) is -3.39. The third kappa shape index (κ3) is 6.58. The van der Waals surface area contributed by atoms with Gasteiger partial charge in [0.15, 0.2) is 0 Å². The van der Waals surface area contributed by atoms with E-state index in [1.54, 1.807) is 19.9 Å². The van der Waals surface area contributed by atoms with E-state index in [1.165, 1.54) is 0 Å². The predicted molar refractivity (Wildman–Crippen MR) is 102 cm³/mol. The highest BCUT2D eigenvalue weighted by Crippen LogP contribution is 2.17. The van der Waals surface area contributed by atoms with Gasteiger partial charge in [0.25, 0.3) is 0 Å². The number of carbonyl (C=O) groups is 1. The third-order valence-corrected chi connectivity index (χ3v) is 5.79. The minimum atomic E-state index is -3.39. The molecule has 142 valence electrons. The van der Waals surface area contributed by atoms with E-state index in [0.717, 1.165) is 18.7 Å². The first kappa shape index (κ1) is 21.9. The molecule has 0 bridgehead atoms. The SMILES string of the molecule is CC(C)NS(=O)(=O)Cc1ccccc1CNC(=O)C(C)C1CNC1.Cl. The van der Waals surface area contributed by atoms with Crippen LogP contribution in [-0.4, -0.2) is 33.5 Å². The molecule has 0 aliphatic carbocycles. The number of hydrogen-bond acceptors (Lipinski definition) is 4. The Bertz CT molecular complexity index is 675. The van der Waals surface area contributed by atoms with Crippen molar-refractivity contribution in [1.29, 1.82) is 0 Å². The van der Waals surface area contributed by atoms with Crippen LogP contribution in [0, 0.1) is 11.8 Å². The van der Waals surface area contributed by atoms with Gasteiger partial charge >= 0.3 is 0 Å². The molecule has 1 saturated heterocycles. The molecule has 1 unspecified atom stereocenters. The van der Waals surface area contributed by atoms with Gasteiger partial charge in [-0.05, 0) is 44.0 Å². The monoisotopic (exact) mass is 389 g/mol. The highest BCUT2D eigenvalue weighted by molar-refractivity contribution is 7.88. The number of nitrogens with one attached hydrogen (secondary N) is 3. The van der Waals surface area contributed by atoms with Crippen LogP contribution >= 0.6 is 12.4 Å². The van der Waals surface area contributed by atoms with E-state index in [1.807, 2.05) is 25.1 Å². The standard InChI is InChI=1S/C17H27N3O3S.ClH/c1-12(2)20-24(22,23)11-15-7-5-4-6-14(15)10-19-17(21)13(3)16-8-18-9-16;/h4-7,12-13,16,18,20H,8-11H2,1-3H3,(H,19,21);1H. The Kier molecular flexibility index (Phi) is 8.34. The van der Waals surface area contributed by atoms with Gasteiger partial charge in [0.1, 0.15) is 0 Å². The summed E-state index contributed by atoms with van der Waals surface area (Å²) in [5.41, 5.74) is 1.54. The fraction of sp³-hybridized carbons (Fsp3) is 0.588. The molecule has 1 aliphatic rings. The molecular weight excluding hydrogens is 362 g/mol. The second-order valence-electron chi connectivity index (χ2n) is 6.73. The average Bonchev–Trinajstić information content (AvgIpc) is 2.42. The maximum absolute atomic E-state index is 12.2. The normalized spacial score (nSPS) is 16.0. The highest BCUT2D eigenvalue weighted by Gasteiger charge is 2.28. The fourth-order valence-electron chi connectivity index (χ4n) is 2.70. The van der Waals surface area contributed by atoms with Gasteiger partial charge in [-0.3, -0.25) is 4.79 Å². The first-order chi connectivity index (χ1) is 11.3. The van der Waals surface area contributed by atoms with Crippen molar-refractivity contribution in [2.24, 2.45) is 11.8 Å².